The first kappa shape index (κ1) is 23.8. The zero-order valence-corrected chi connectivity index (χ0v) is 20.6. The van der Waals surface area contributed by atoms with E-state index in [2.05, 4.69) is 58.5 Å². The third-order valence-electron chi connectivity index (χ3n) is 7.31. The predicted molar refractivity (Wildman–Crippen MR) is 140 cm³/mol. The molecule has 1 heterocycles. The van der Waals surface area contributed by atoms with Crippen LogP contribution in [0.4, 0.5) is 0 Å². The van der Waals surface area contributed by atoms with Crippen LogP contribution >= 0.6 is 0 Å². The average molecular weight is 483 g/mol. The van der Waals surface area contributed by atoms with Gasteiger partial charge in [0.15, 0.2) is 0 Å². The van der Waals surface area contributed by atoms with Crippen molar-refractivity contribution in [2.24, 2.45) is 5.92 Å². The molecule has 1 aliphatic carbocycles. The van der Waals surface area contributed by atoms with E-state index in [9.17, 15) is 9.59 Å². The number of ether oxygens (including phenoxy) is 2. The number of nitrogens with one attached hydrogen (secondary N) is 1. The van der Waals surface area contributed by atoms with Crippen molar-refractivity contribution in [1.29, 1.82) is 0 Å². The van der Waals surface area contributed by atoms with Crippen LogP contribution in [0, 0.1) is 5.92 Å². The number of aromatic nitrogens is 2. The van der Waals surface area contributed by atoms with Gasteiger partial charge < -0.3 is 14.5 Å². The number of fused-ring (bicyclic) bond motifs is 1. The van der Waals surface area contributed by atoms with E-state index in [-0.39, 0.29) is 11.9 Å². The summed E-state index contributed by atoms with van der Waals surface area (Å²) in [7, 11) is 2.84. The topological polar surface area (TPSA) is 81.3 Å². The van der Waals surface area contributed by atoms with Gasteiger partial charge in [-0.25, -0.2) is 9.78 Å². The third kappa shape index (κ3) is 5.03. The lowest BCUT2D eigenvalue weighted by molar-refractivity contribution is -0.142. The molecular formula is C30H30N2O4. The molecule has 0 bridgehead atoms. The van der Waals surface area contributed by atoms with Crippen LogP contribution in [-0.2, 0) is 14.3 Å². The van der Waals surface area contributed by atoms with Gasteiger partial charge in [0.25, 0.3) is 0 Å². The number of hydrogen-bond acceptors (Lipinski definition) is 5. The van der Waals surface area contributed by atoms with E-state index in [1.165, 1.54) is 25.3 Å². The maximum absolute atomic E-state index is 11.8. The molecule has 1 aromatic heterocycles. The van der Waals surface area contributed by atoms with Crippen LogP contribution < -0.4 is 0 Å². The van der Waals surface area contributed by atoms with Crippen LogP contribution in [0.1, 0.15) is 53.9 Å². The Labute approximate surface area is 210 Å². The Bertz CT molecular complexity index is 1360. The van der Waals surface area contributed by atoms with Crippen molar-refractivity contribution in [3.05, 3.63) is 77.9 Å². The zero-order valence-electron chi connectivity index (χ0n) is 20.6. The number of hydrogen-bond donors (Lipinski definition) is 1. The highest BCUT2D eigenvalue weighted by Crippen LogP contribution is 2.38. The summed E-state index contributed by atoms with van der Waals surface area (Å²) in [5, 5.41) is 0. The summed E-state index contributed by atoms with van der Waals surface area (Å²) in [6.07, 6.45) is 4.94. The van der Waals surface area contributed by atoms with Gasteiger partial charge >= 0.3 is 11.9 Å². The van der Waals surface area contributed by atoms with E-state index in [4.69, 9.17) is 9.47 Å². The lowest BCUT2D eigenvalue weighted by Crippen LogP contribution is -2.17. The second-order valence-corrected chi connectivity index (χ2v) is 9.51. The second-order valence-electron chi connectivity index (χ2n) is 9.51. The minimum atomic E-state index is -0.366. The third-order valence-corrected chi connectivity index (χ3v) is 7.31. The summed E-state index contributed by atoms with van der Waals surface area (Å²) >= 11 is 0. The predicted octanol–water partition coefficient (Wildman–Crippen LogP) is 6.52. The normalized spacial score (nSPS) is 17.6. The highest BCUT2D eigenvalue weighted by atomic mass is 16.5. The Hall–Kier alpha value is -3.93. The van der Waals surface area contributed by atoms with Gasteiger partial charge in [-0.2, -0.15) is 0 Å². The van der Waals surface area contributed by atoms with Crippen molar-refractivity contribution in [3.8, 4) is 22.5 Å². The Balaban J connectivity index is 1.25. The summed E-state index contributed by atoms with van der Waals surface area (Å²) in [4.78, 5) is 31.3. The lowest BCUT2D eigenvalue weighted by atomic mass is 9.77. The van der Waals surface area contributed by atoms with E-state index < -0.39 is 0 Å². The van der Waals surface area contributed by atoms with Crippen molar-refractivity contribution in [2.75, 3.05) is 14.2 Å². The Morgan fingerprint density at radius 3 is 2.11 bits per heavy atom. The molecule has 0 aliphatic heterocycles. The highest BCUT2D eigenvalue weighted by molar-refractivity contribution is 5.94. The molecule has 6 nitrogen and oxygen atoms in total. The summed E-state index contributed by atoms with van der Waals surface area (Å²) in [5.74, 6) is 1.31. The molecular weight excluding hydrogens is 452 g/mol. The Morgan fingerprint density at radius 2 is 1.47 bits per heavy atom. The van der Waals surface area contributed by atoms with E-state index in [0.717, 1.165) is 53.7 Å². The Kier molecular flexibility index (Phi) is 6.85. The smallest absolute Gasteiger partial charge is 0.337 e. The minimum absolute atomic E-state index is 0.0955. The number of aromatic amines is 1. The van der Waals surface area contributed by atoms with E-state index in [1.807, 2.05) is 6.07 Å². The molecule has 6 heteroatoms. The van der Waals surface area contributed by atoms with Crippen LogP contribution in [0.3, 0.4) is 0 Å². The molecule has 0 atom stereocenters. The molecule has 1 aliphatic rings. The molecule has 3 aromatic carbocycles. The largest absolute Gasteiger partial charge is 0.469 e. The number of H-pyrrole nitrogens is 1. The fourth-order valence-corrected chi connectivity index (χ4v) is 5.18. The number of carbonyl (C=O) groups excluding carboxylic acids is 2. The lowest BCUT2D eigenvalue weighted by Gasteiger charge is -2.28. The molecule has 5 rings (SSSR count). The SMILES string of the molecule is COC(=O)CC1CCC(c2ccc(-c3ccc(-c4nc5ccc(C(=O)OC)cc5[nH]4)cc3)cc2)CC1. The molecule has 184 valence electrons. The molecule has 1 N–H and O–H groups in total. The van der Waals surface area contributed by atoms with Gasteiger partial charge in [0, 0.05) is 12.0 Å². The molecule has 0 radical (unpaired) electrons. The monoisotopic (exact) mass is 482 g/mol. The van der Waals surface area contributed by atoms with E-state index >= 15 is 0 Å². The number of methoxy groups -OCH3 is 2. The van der Waals surface area contributed by atoms with Crippen molar-refractivity contribution < 1.29 is 19.1 Å². The van der Waals surface area contributed by atoms with Gasteiger partial charge in [-0.3, -0.25) is 4.79 Å². The molecule has 0 amide bonds. The van der Waals surface area contributed by atoms with Crippen LogP contribution in [0.15, 0.2) is 66.7 Å². The second kappa shape index (κ2) is 10.4. The molecule has 1 fully saturated rings. The first-order valence-corrected chi connectivity index (χ1v) is 12.4. The van der Waals surface area contributed by atoms with Gasteiger partial charge in [-0.15, -0.1) is 0 Å². The first-order chi connectivity index (χ1) is 17.5. The molecule has 0 unspecified atom stereocenters. The number of rotatable bonds is 6. The zero-order chi connectivity index (χ0) is 25.1. The van der Waals surface area contributed by atoms with E-state index in [1.54, 1.807) is 12.1 Å². The van der Waals surface area contributed by atoms with Gasteiger partial charge in [0.1, 0.15) is 5.82 Å². The van der Waals surface area contributed by atoms with Crippen molar-refractivity contribution in [2.45, 2.75) is 38.0 Å². The fraction of sp³-hybridized carbons (Fsp3) is 0.300. The number of esters is 2. The maximum Gasteiger partial charge on any atom is 0.337 e. The summed E-state index contributed by atoms with van der Waals surface area (Å²) in [6.45, 7) is 0. The van der Waals surface area contributed by atoms with Crippen molar-refractivity contribution in [3.63, 3.8) is 0 Å². The van der Waals surface area contributed by atoms with Crippen LogP contribution in [0.5, 0.6) is 0 Å². The average Bonchev–Trinajstić information content (AvgIpc) is 3.37. The fourth-order valence-electron chi connectivity index (χ4n) is 5.18. The molecule has 0 saturated heterocycles. The molecule has 36 heavy (non-hydrogen) atoms. The van der Waals surface area contributed by atoms with Crippen molar-refractivity contribution >= 4 is 23.0 Å². The molecule has 1 saturated carbocycles. The minimum Gasteiger partial charge on any atom is -0.469 e. The number of carbonyl (C=O) groups is 2. The molecule has 0 spiro atoms. The van der Waals surface area contributed by atoms with Gasteiger partial charge in [0.2, 0.25) is 0 Å². The standard InChI is InChI=1S/C30H30N2O4/c1-35-28(33)17-19-3-5-20(6-4-19)21-7-9-22(10-8-21)23-11-13-24(14-12-23)29-31-26-16-15-25(30(34)36-2)18-27(26)32-29/h7-16,18-20H,3-6,17H2,1-2H3,(H,31,32). The highest BCUT2D eigenvalue weighted by Gasteiger charge is 2.24. The number of nitrogens with zero attached hydrogens (tertiary/aromatic N) is 1. The molecule has 4 aromatic rings. The van der Waals surface area contributed by atoms with Crippen LogP contribution in [-0.4, -0.2) is 36.1 Å². The first-order valence-electron chi connectivity index (χ1n) is 12.4. The Morgan fingerprint density at radius 1 is 0.833 bits per heavy atom. The summed E-state index contributed by atoms with van der Waals surface area (Å²) < 4.78 is 9.63. The van der Waals surface area contributed by atoms with Gasteiger partial charge in [0.05, 0.1) is 30.8 Å². The quantitative estimate of drug-likeness (QED) is 0.316. The number of benzene rings is 3. The van der Waals surface area contributed by atoms with E-state index in [0.29, 0.717) is 23.8 Å². The summed E-state index contributed by atoms with van der Waals surface area (Å²) in [6, 6.07) is 22.5. The van der Waals surface area contributed by atoms with Gasteiger partial charge in [-0.1, -0.05) is 48.5 Å². The number of imidazole rings is 1. The van der Waals surface area contributed by atoms with Crippen LogP contribution in [0.25, 0.3) is 33.5 Å². The summed E-state index contributed by atoms with van der Waals surface area (Å²) in [5.41, 5.74) is 6.78. The van der Waals surface area contributed by atoms with Crippen molar-refractivity contribution in [1.82, 2.24) is 9.97 Å². The van der Waals surface area contributed by atoms with Crippen LogP contribution in [0.2, 0.25) is 0 Å². The maximum atomic E-state index is 11.8. The van der Waals surface area contributed by atoms with Gasteiger partial charge in [-0.05, 0) is 72.4 Å².